The lowest BCUT2D eigenvalue weighted by atomic mass is 10.4. The van der Waals surface area contributed by atoms with Crippen LogP contribution in [0.4, 0.5) is 5.69 Å². The Morgan fingerprint density at radius 1 is 1.47 bits per heavy atom. The standard InChI is InChI=1S/C7H9N3O.C2H4O2/c8-5-7(11)10-6-1-3-9-4-2-6;1-2(3)4/h1-4H,5,8H2,(H,9,10,11);1H3,(H,3,4). The van der Waals surface area contributed by atoms with E-state index in [2.05, 4.69) is 10.3 Å². The molecule has 0 aliphatic heterocycles. The molecule has 0 spiro atoms. The van der Waals surface area contributed by atoms with Crippen molar-refractivity contribution in [3.05, 3.63) is 24.5 Å². The molecule has 6 heteroatoms. The summed E-state index contributed by atoms with van der Waals surface area (Å²) < 4.78 is 0. The van der Waals surface area contributed by atoms with Crippen molar-refractivity contribution >= 4 is 17.6 Å². The molecule has 0 aliphatic carbocycles. The molecule has 0 radical (unpaired) electrons. The molecule has 1 rings (SSSR count). The zero-order valence-electron chi connectivity index (χ0n) is 8.30. The van der Waals surface area contributed by atoms with Gasteiger partial charge in [0.05, 0.1) is 6.54 Å². The first-order valence-electron chi connectivity index (χ1n) is 4.15. The molecule has 82 valence electrons. The van der Waals surface area contributed by atoms with E-state index >= 15 is 0 Å². The van der Waals surface area contributed by atoms with Crippen LogP contribution in [0.3, 0.4) is 0 Å². The molecule has 0 aromatic carbocycles. The van der Waals surface area contributed by atoms with Gasteiger partial charge in [-0.25, -0.2) is 0 Å². The van der Waals surface area contributed by atoms with Gasteiger partial charge in [0.15, 0.2) is 0 Å². The van der Waals surface area contributed by atoms with E-state index in [1.807, 2.05) is 0 Å². The highest BCUT2D eigenvalue weighted by Gasteiger charge is 1.95. The molecule has 1 amide bonds. The van der Waals surface area contributed by atoms with Gasteiger partial charge in [0.25, 0.3) is 5.97 Å². The van der Waals surface area contributed by atoms with Crippen molar-refractivity contribution in [2.24, 2.45) is 5.73 Å². The minimum absolute atomic E-state index is 0.00230. The topological polar surface area (TPSA) is 105 Å². The fraction of sp³-hybridized carbons (Fsp3) is 0.222. The molecule has 4 N–H and O–H groups in total. The van der Waals surface area contributed by atoms with E-state index in [0.717, 1.165) is 12.6 Å². The lowest BCUT2D eigenvalue weighted by molar-refractivity contribution is -0.134. The third-order valence-corrected chi connectivity index (χ3v) is 1.15. The number of nitrogens with one attached hydrogen (secondary N) is 1. The molecule has 1 aromatic rings. The molecule has 15 heavy (non-hydrogen) atoms. The van der Waals surface area contributed by atoms with Crippen molar-refractivity contribution in [1.29, 1.82) is 0 Å². The molecule has 0 atom stereocenters. The maximum Gasteiger partial charge on any atom is 0.300 e. The van der Waals surface area contributed by atoms with Gasteiger partial charge in [0.2, 0.25) is 5.91 Å². The van der Waals surface area contributed by atoms with Crippen molar-refractivity contribution in [1.82, 2.24) is 4.98 Å². The quantitative estimate of drug-likeness (QED) is 0.642. The van der Waals surface area contributed by atoms with E-state index in [4.69, 9.17) is 15.6 Å². The van der Waals surface area contributed by atoms with Crippen molar-refractivity contribution in [2.45, 2.75) is 6.92 Å². The normalized spacial score (nSPS) is 8.40. The SMILES string of the molecule is CC(=O)O.NCC(=O)Nc1ccncc1. The van der Waals surface area contributed by atoms with Crippen LogP contribution in [0.25, 0.3) is 0 Å². The Morgan fingerprint density at radius 3 is 2.33 bits per heavy atom. The zero-order valence-corrected chi connectivity index (χ0v) is 8.30. The number of amides is 1. The van der Waals surface area contributed by atoms with Gasteiger partial charge in [0.1, 0.15) is 0 Å². The third-order valence-electron chi connectivity index (χ3n) is 1.15. The number of carboxylic acids is 1. The van der Waals surface area contributed by atoms with Gasteiger partial charge in [-0.3, -0.25) is 14.6 Å². The number of aromatic nitrogens is 1. The van der Waals surface area contributed by atoms with Gasteiger partial charge in [-0.05, 0) is 12.1 Å². The number of carbonyl (C=O) groups is 2. The summed E-state index contributed by atoms with van der Waals surface area (Å²) in [4.78, 5) is 23.5. The Hall–Kier alpha value is -1.95. The second-order valence-electron chi connectivity index (χ2n) is 2.51. The molecule has 0 unspecified atom stereocenters. The van der Waals surface area contributed by atoms with E-state index in [1.165, 1.54) is 0 Å². The van der Waals surface area contributed by atoms with Gasteiger partial charge in [-0.15, -0.1) is 0 Å². The summed E-state index contributed by atoms with van der Waals surface area (Å²) in [6.45, 7) is 1.09. The van der Waals surface area contributed by atoms with Gasteiger partial charge in [0, 0.05) is 25.0 Å². The summed E-state index contributed by atoms with van der Waals surface area (Å²) >= 11 is 0. The summed E-state index contributed by atoms with van der Waals surface area (Å²) in [5.41, 5.74) is 5.81. The van der Waals surface area contributed by atoms with E-state index in [-0.39, 0.29) is 12.5 Å². The number of hydrogen-bond donors (Lipinski definition) is 3. The Labute approximate surface area is 87.1 Å². The van der Waals surface area contributed by atoms with Crippen LogP contribution in [-0.4, -0.2) is 28.5 Å². The highest BCUT2D eigenvalue weighted by molar-refractivity contribution is 5.91. The zero-order chi connectivity index (χ0) is 11.7. The van der Waals surface area contributed by atoms with Crippen LogP contribution >= 0.6 is 0 Å². The predicted molar refractivity (Wildman–Crippen MR) is 55.2 cm³/mol. The number of hydrogen-bond acceptors (Lipinski definition) is 4. The van der Waals surface area contributed by atoms with Crippen molar-refractivity contribution in [2.75, 3.05) is 11.9 Å². The Kier molecular flexibility index (Phi) is 6.48. The molecule has 0 saturated heterocycles. The molecule has 1 aromatic heterocycles. The smallest absolute Gasteiger partial charge is 0.300 e. The molecule has 1 heterocycles. The minimum Gasteiger partial charge on any atom is -0.481 e. The van der Waals surface area contributed by atoms with Crippen molar-refractivity contribution in [3.8, 4) is 0 Å². The number of carboxylic acid groups (broad SMARTS) is 1. The lowest BCUT2D eigenvalue weighted by Crippen LogP contribution is -2.21. The summed E-state index contributed by atoms with van der Waals surface area (Å²) in [7, 11) is 0. The van der Waals surface area contributed by atoms with Gasteiger partial charge < -0.3 is 16.2 Å². The molecule has 6 nitrogen and oxygen atoms in total. The third kappa shape index (κ3) is 8.38. The highest BCUT2D eigenvalue weighted by atomic mass is 16.4. The van der Waals surface area contributed by atoms with E-state index < -0.39 is 5.97 Å². The first kappa shape index (κ1) is 13.1. The summed E-state index contributed by atoms with van der Waals surface area (Å²) in [6, 6.07) is 3.40. The summed E-state index contributed by atoms with van der Waals surface area (Å²) in [5, 5.41) is 10.0. The van der Waals surface area contributed by atoms with Gasteiger partial charge >= 0.3 is 0 Å². The van der Waals surface area contributed by atoms with Crippen LogP contribution in [0, 0.1) is 0 Å². The maximum atomic E-state index is 10.7. The fourth-order valence-electron chi connectivity index (χ4n) is 0.647. The average Bonchev–Trinajstić information content (AvgIpc) is 2.18. The second kappa shape index (κ2) is 7.45. The minimum atomic E-state index is -0.833. The number of carbonyl (C=O) groups excluding carboxylic acids is 1. The van der Waals surface area contributed by atoms with Crippen LogP contribution in [-0.2, 0) is 9.59 Å². The second-order valence-corrected chi connectivity index (χ2v) is 2.51. The molecule has 0 aliphatic rings. The predicted octanol–water partition coefficient (Wildman–Crippen LogP) is 0.0697. The Bertz CT molecular complexity index is 310. The van der Waals surface area contributed by atoms with E-state index in [0.29, 0.717) is 0 Å². The average molecular weight is 211 g/mol. The Balaban J connectivity index is 0.000000423. The number of nitrogens with zero attached hydrogens (tertiary/aromatic N) is 1. The number of anilines is 1. The number of nitrogens with two attached hydrogens (primary N) is 1. The maximum absolute atomic E-state index is 10.7. The van der Waals surface area contributed by atoms with E-state index in [9.17, 15) is 4.79 Å². The largest absolute Gasteiger partial charge is 0.481 e. The van der Waals surface area contributed by atoms with Crippen molar-refractivity contribution in [3.63, 3.8) is 0 Å². The molecular weight excluding hydrogens is 198 g/mol. The summed E-state index contributed by atoms with van der Waals surface area (Å²) in [6.07, 6.45) is 3.21. The first-order chi connectivity index (χ1) is 7.06. The summed E-state index contributed by atoms with van der Waals surface area (Å²) in [5.74, 6) is -1.03. The van der Waals surface area contributed by atoms with Crippen molar-refractivity contribution < 1.29 is 14.7 Å². The number of pyridine rings is 1. The lowest BCUT2D eigenvalue weighted by Gasteiger charge is -2.00. The van der Waals surface area contributed by atoms with Crippen LogP contribution in [0.1, 0.15) is 6.92 Å². The van der Waals surface area contributed by atoms with Crippen LogP contribution in [0.15, 0.2) is 24.5 Å². The monoisotopic (exact) mass is 211 g/mol. The van der Waals surface area contributed by atoms with Crippen LogP contribution in [0.2, 0.25) is 0 Å². The van der Waals surface area contributed by atoms with Crippen LogP contribution < -0.4 is 11.1 Å². The molecule has 0 bridgehead atoms. The molecule has 0 fully saturated rings. The Morgan fingerprint density at radius 2 is 1.93 bits per heavy atom. The van der Waals surface area contributed by atoms with E-state index in [1.54, 1.807) is 24.5 Å². The van der Waals surface area contributed by atoms with Gasteiger partial charge in [-0.1, -0.05) is 0 Å². The highest BCUT2D eigenvalue weighted by Crippen LogP contribution is 2.01. The molecular formula is C9H13N3O3. The number of aliphatic carboxylic acids is 1. The first-order valence-corrected chi connectivity index (χ1v) is 4.15. The fourth-order valence-corrected chi connectivity index (χ4v) is 0.647. The van der Waals surface area contributed by atoms with Gasteiger partial charge in [-0.2, -0.15) is 0 Å². The van der Waals surface area contributed by atoms with Crippen LogP contribution in [0.5, 0.6) is 0 Å². The molecule has 0 saturated carbocycles. The number of rotatable bonds is 2.